The van der Waals surface area contributed by atoms with Crippen molar-refractivity contribution in [1.82, 2.24) is 15.2 Å². The lowest BCUT2D eigenvalue weighted by Gasteiger charge is -2.49. The molecule has 11 nitrogen and oxygen atoms in total. The lowest BCUT2D eigenvalue weighted by molar-refractivity contribution is -0.150. The van der Waals surface area contributed by atoms with E-state index in [1.165, 1.54) is 46.6 Å². The molecular weight excluding hydrogens is 536 g/mol. The zero-order valence-electron chi connectivity index (χ0n) is 19.4. The van der Waals surface area contributed by atoms with E-state index in [2.05, 4.69) is 15.5 Å². The Bertz CT molecular complexity index is 1260. The molecule has 3 heterocycles. The summed E-state index contributed by atoms with van der Waals surface area (Å²) in [7, 11) is 0. The normalized spacial score (nSPS) is 19.6. The van der Waals surface area contributed by atoms with E-state index in [4.69, 9.17) is 11.5 Å². The second-order valence-electron chi connectivity index (χ2n) is 8.02. The number of nitrogen functional groups attached to an aromatic ring is 1. The summed E-state index contributed by atoms with van der Waals surface area (Å²) in [5, 5.41) is 14.7. The number of carbonyl (C=O) groups is 3. The van der Waals surface area contributed by atoms with Gasteiger partial charge in [0.15, 0.2) is 0 Å². The molecular formula is C23H24N6O5S3. The van der Waals surface area contributed by atoms with Gasteiger partial charge in [0, 0.05) is 33.6 Å². The van der Waals surface area contributed by atoms with E-state index in [0.29, 0.717) is 17.2 Å². The van der Waals surface area contributed by atoms with Crippen molar-refractivity contribution in [3.63, 3.8) is 0 Å². The molecule has 0 radical (unpaired) electrons. The van der Waals surface area contributed by atoms with E-state index in [-0.39, 0.29) is 17.2 Å². The average Bonchev–Trinajstić information content (AvgIpc) is 2.88. The molecule has 1 unspecified atom stereocenters. The molecule has 4 rings (SSSR count). The minimum atomic E-state index is -1.49. The number of anilines is 1. The Balaban J connectivity index is 1.51. The molecule has 1 saturated heterocycles. The number of amides is 2. The van der Waals surface area contributed by atoms with Gasteiger partial charge in [0.2, 0.25) is 6.04 Å². The molecule has 0 saturated carbocycles. The number of hydrogen-bond donors (Lipinski definition) is 4. The first-order valence-electron chi connectivity index (χ1n) is 11.2. The van der Waals surface area contributed by atoms with Gasteiger partial charge in [0.25, 0.3) is 11.8 Å². The molecule has 1 aromatic carbocycles. The quantitative estimate of drug-likeness (QED) is 0.180. The number of fused-ring (bicyclic) bond motifs is 1. The Labute approximate surface area is 225 Å². The largest absolute Gasteiger partial charge is 0.477 e. The number of nitrogens with one attached hydrogen (secondary N) is 1. The second kappa shape index (κ2) is 12.0. The highest BCUT2D eigenvalue weighted by atomic mass is 32.2. The molecule has 3 atom stereocenters. The zero-order chi connectivity index (χ0) is 26.5. The number of aliphatic carboxylic acids is 1. The third-order valence-corrected chi connectivity index (χ3v) is 9.29. The number of nitrogens with two attached hydrogens (primary N) is 2. The van der Waals surface area contributed by atoms with E-state index in [9.17, 15) is 24.4 Å². The maximum absolute atomic E-state index is 13.0. The van der Waals surface area contributed by atoms with Crippen molar-refractivity contribution >= 4 is 58.9 Å². The Morgan fingerprint density at radius 3 is 2.76 bits per heavy atom. The van der Waals surface area contributed by atoms with Crippen LogP contribution < -0.4 is 16.8 Å². The fourth-order valence-electron chi connectivity index (χ4n) is 3.88. The van der Waals surface area contributed by atoms with Gasteiger partial charge in [0.1, 0.15) is 22.9 Å². The van der Waals surface area contributed by atoms with Gasteiger partial charge in [-0.15, -0.1) is 16.7 Å². The van der Waals surface area contributed by atoms with Gasteiger partial charge in [-0.3, -0.25) is 14.5 Å². The van der Waals surface area contributed by atoms with E-state index in [1.54, 1.807) is 11.8 Å². The first-order valence-corrected chi connectivity index (χ1v) is 14.2. The zero-order valence-corrected chi connectivity index (χ0v) is 21.9. The maximum Gasteiger partial charge on any atom is 0.353 e. The van der Waals surface area contributed by atoms with E-state index < -0.39 is 35.2 Å². The predicted octanol–water partition coefficient (Wildman–Crippen LogP) is 2.15. The lowest BCUT2D eigenvalue weighted by Crippen LogP contribution is -2.70. The SMILES string of the molecule is NCCSCc1ccccc1SC1=C(C(=O)O)N2C(=O)[C@@H](NC(=O)C(N=O)c3cccc(N)n3)[C@@H]2SC1. The molecule has 6 N–H and O–H groups in total. The molecule has 1 fully saturated rings. The first-order chi connectivity index (χ1) is 17.8. The monoisotopic (exact) mass is 560 g/mol. The Hall–Kier alpha value is -3.07. The summed E-state index contributed by atoms with van der Waals surface area (Å²) in [6.07, 6.45) is 0. The number of rotatable bonds is 11. The van der Waals surface area contributed by atoms with Crippen molar-refractivity contribution in [1.29, 1.82) is 0 Å². The van der Waals surface area contributed by atoms with Crippen LogP contribution in [0.4, 0.5) is 5.82 Å². The molecule has 2 aliphatic heterocycles. The molecule has 1 aromatic heterocycles. The number of nitroso groups, excluding NO2 is 1. The van der Waals surface area contributed by atoms with Crippen LogP contribution in [0.5, 0.6) is 0 Å². The molecule has 37 heavy (non-hydrogen) atoms. The van der Waals surface area contributed by atoms with Gasteiger partial charge in [-0.1, -0.05) is 36.0 Å². The number of aromatic nitrogens is 1. The fourth-order valence-corrected chi connectivity index (χ4v) is 7.35. The number of β-lactam (4-membered cyclic amide) rings is 1. The van der Waals surface area contributed by atoms with Crippen LogP contribution in [0.1, 0.15) is 17.3 Å². The van der Waals surface area contributed by atoms with Gasteiger partial charge in [0.05, 0.1) is 5.69 Å². The number of benzene rings is 1. The molecule has 194 valence electrons. The van der Waals surface area contributed by atoms with Gasteiger partial charge in [-0.2, -0.15) is 11.8 Å². The van der Waals surface area contributed by atoms with Crippen molar-refractivity contribution in [3.8, 4) is 0 Å². The molecule has 2 amide bonds. The van der Waals surface area contributed by atoms with E-state index in [0.717, 1.165) is 22.0 Å². The lowest BCUT2D eigenvalue weighted by atomic mass is 10.0. The number of pyridine rings is 1. The van der Waals surface area contributed by atoms with Crippen LogP contribution in [-0.4, -0.2) is 62.2 Å². The van der Waals surface area contributed by atoms with Crippen molar-refractivity contribution in [2.24, 2.45) is 10.9 Å². The summed E-state index contributed by atoms with van der Waals surface area (Å²) >= 11 is 4.36. The Morgan fingerprint density at radius 1 is 1.27 bits per heavy atom. The fraction of sp³-hybridized carbons (Fsp3) is 0.304. The van der Waals surface area contributed by atoms with Gasteiger partial charge < -0.3 is 21.9 Å². The number of hydrogen-bond acceptors (Lipinski definition) is 11. The second-order valence-corrected chi connectivity index (χ2v) is 11.4. The predicted molar refractivity (Wildman–Crippen MR) is 144 cm³/mol. The van der Waals surface area contributed by atoms with Crippen LogP contribution in [0.15, 0.2) is 63.1 Å². The standard InChI is InChI=1S/C23H24N6O5S3/c24-8-9-35-10-12-4-1-2-6-14(12)37-15-11-36-22-18(21(31)29(22)19(15)23(32)33)27-20(30)17(28-34)13-5-3-7-16(25)26-13/h1-7,17-18,22H,8-11,24H2,(H2,25,26)(H,27,30)(H,32,33)/t17?,18-,22+/m1/s1. The number of nitrogens with zero attached hydrogens (tertiary/aromatic N) is 3. The summed E-state index contributed by atoms with van der Waals surface area (Å²) in [5.74, 6) is -0.608. The van der Waals surface area contributed by atoms with Crippen LogP contribution in [0.3, 0.4) is 0 Å². The summed E-state index contributed by atoms with van der Waals surface area (Å²) in [4.78, 5) is 56.0. The molecule has 0 spiro atoms. The maximum atomic E-state index is 13.0. The minimum absolute atomic E-state index is 0.0560. The van der Waals surface area contributed by atoms with Crippen LogP contribution >= 0.6 is 35.3 Å². The third kappa shape index (κ3) is 5.76. The van der Waals surface area contributed by atoms with Crippen LogP contribution in [0, 0.1) is 4.91 Å². The van der Waals surface area contributed by atoms with Crippen LogP contribution in [0.2, 0.25) is 0 Å². The van der Waals surface area contributed by atoms with E-state index >= 15 is 0 Å². The van der Waals surface area contributed by atoms with Gasteiger partial charge in [-0.05, 0) is 28.9 Å². The molecule has 14 heteroatoms. The molecule has 0 aliphatic carbocycles. The molecule has 2 aromatic rings. The highest BCUT2D eigenvalue weighted by Crippen LogP contribution is 2.46. The molecule has 2 aliphatic rings. The van der Waals surface area contributed by atoms with Crippen molar-refractivity contribution in [2.45, 2.75) is 28.1 Å². The first kappa shape index (κ1) is 27.0. The summed E-state index contributed by atoms with van der Waals surface area (Å²) in [6.45, 7) is 0.570. The van der Waals surface area contributed by atoms with Crippen molar-refractivity contribution < 1.29 is 19.5 Å². The van der Waals surface area contributed by atoms with Crippen LogP contribution in [0.25, 0.3) is 0 Å². The summed E-state index contributed by atoms with van der Waals surface area (Å²) in [5.41, 5.74) is 12.2. The summed E-state index contributed by atoms with van der Waals surface area (Å²) < 4.78 is 0. The number of carboxylic acids is 1. The highest BCUT2D eigenvalue weighted by Gasteiger charge is 2.54. The number of carboxylic acid groups (broad SMARTS) is 1. The van der Waals surface area contributed by atoms with Crippen molar-refractivity contribution in [3.05, 3.63) is 69.2 Å². The number of thioether (sulfide) groups is 3. The number of carbonyl (C=O) groups excluding carboxylic acids is 2. The minimum Gasteiger partial charge on any atom is -0.477 e. The Kier molecular flexibility index (Phi) is 8.74. The molecule has 0 bridgehead atoms. The van der Waals surface area contributed by atoms with Crippen molar-refractivity contribution in [2.75, 3.05) is 23.8 Å². The highest BCUT2D eigenvalue weighted by molar-refractivity contribution is 8.06. The van der Waals surface area contributed by atoms with Crippen LogP contribution in [-0.2, 0) is 20.1 Å². The third-order valence-electron chi connectivity index (χ3n) is 5.59. The van der Waals surface area contributed by atoms with Gasteiger partial charge >= 0.3 is 5.97 Å². The smallest absolute Gasteiger partial charge is 0.353 e. The summed E-state index contributed by atoms with van der Waals surface area (Å²) in [6, 6.07) is 9.70. The van der Waals surface area contributed by atoms with Gasteiger partial charge in [-0.25, -0.2) is 9.78 Å². The Morgan fingerprint density at radius 2 is 2.05 bits per heavy atom. The average molecular weight is 561 g/mol. The topological polar surface area (TPSA) is 181 Å². The van der Waals surface area contributed by atoms with E-state index in [1.807, 2.05) is 24.3 Å².